The van der Waals surface area contributed by atoms with Crippen molar-refractivity contribution in [3.05, 3.63) is 71.0 Å². The lowest BCUT2D eigenvalue weighted by molar-refractivity contribution is -0.154. The Kier molecular flexibility index (Phi) is 8.94. The van der Waals surface area contributed by atoms with Gasteiger partial charge in [-0.15, -0.1) is 0 Å². The Morgan fingerprint density at radius 2 is 1.87 bits per heavy atom. The van der Waals surface area contributed by atoms with Gasteiger partial charge in [-0.2, -0.15) is 5.10 Å². The Balaban J connectivity index is 1.23. The predicted octanol–water partition coefficient (Wildman–Crippen LogP) is 4.08. The number of carbonyl (C=O) groups excluding carboxylic acids is 2. The first-order chi connectivity index (χ1) is 21.9. The molecule has 2 N–H and O–H groups in total. The fourth-order valence-corrected chi connectivity index (χ4v) is 6.69. The summed E-state index contributed by atoms with van der Waals surface area (Å²) in [5.74, 6) is -1.01. The molecule has 4 atom stereocenters. The first-order valence-electron chi connectivity index (χ1n) is 14.0. The van der Waals surface area contributed by atoms with Gasteiger partial charge >= 0.3 is 11.9 Å². The lowest BCUT2D eigenvalue weighted by Gasteiger charge is -2.38. The van der Waals surface area contributed by atoms with Gasteiger partial charge in [0.25, 0.3) is 0 Å². The smallest absolute Gasteiger partial charge is 0.310 e. The maximum absolute atomic E-state index is 13.3. The molecule has 3 heterocycles. The number of hydrogen-bond donors (Lipinski definition) is 2. The van der Waals surface area contributed by atoms with E-state index in [2.05, 4.69) is 15.5 Å². The number of ether oxygens (including phenoxy) is 6. The Labute approximate surface area is 268 Å². The van der Waals surface area contributed by atoms with Crippen LogP contribution in [0.5, 0.6) is 28.7 Å². The monoisotopic (exact) mass is 651 g/mol. The third kappa shape index (κ3) is 6.20. The maximum Gasteiger partial charge on any atom is 0.310 e. The number of esters is 2. The van der Waals surface area contributed by atoms with Crippen LogP contribution in [0.2, 0.25) is 0 Å². The fraction of sp³-hybridized carbons (Fsp3) is 0.323. The highest BCUT2D eigenvalue weighted by atomic mass is 32.2. The first-order valence-corrected chi connectivity index (χ1v) is 15.4. The number of phenols is 1. The van der Waals surface area contributed by atoms with Gasteiger partial charge in [-0.3, -0.25) is 20.0 Å². The lowest BCUT2D eigenvalue weighted by Crippen LogP contribution is -2.36. The molecule has 2 aromatic carbocycles. The third-order valence-corrected chi connectivity index (χ3v) is 9.03. The summed E-state index contributed by atoms with van der Waals surface area (Å²) < 4.78 is 34.2. The molecule has 1 saturated heterocycles. The van der Waals surface area contributed by atoms with Crippen molar-refractivity contribution in [1.29, 1.82) is 0 Å². The number of rotatable bonds is 9. The number of aromatic hydroxyl groups is 1. The normalized spacial score (nSPS) is 21.1. The van der Waals surface area contributed by atoms with Crippen molar-refractivity contribution in [1.82, 2.24) is 10.4 Å². The van der Waals surface area contributed by atoms with Crippen LogP contribution in [0.1, 0.15) is 40.8 Å². The molecule has 1 aliphatic carbocycles. The molecule has 0 spiro atoms. The number of aromatic nitrogens is 1. The number of thiocarbonyl (C=S) groups is 1. The minimum atomic E-state index is -0.784. The van der Waals surface area contributed by atoms with E-state index in [-0.39, 0.29) is 37.1 Å². The fourth-order valence-electron chi connectivity index (χ4n) is 5.82. The van der Waals surface area contributed by atoms with Crippen LogP contribution in [0.25, 0.3) is 0 Å². The number of fused-ring (bicyclic) bond motifs is 3. The highest BCUT2D eigenvalue weighted by molar-refractivity contribution is 8.22. The highest BCUT2D eigenvalue weighted by Gasteiger charge is 2.54. The van der Waals surface area contributed by atoms with Crippen LogP contribution in [-0.2, 0) is 19.1 Å². The first kappa shape index (κ1) is 30.5. The zero-order chi connectivity index (χ0) is 31.5. The zero-order valence-corrected chi connectivity index (χ0v) is 25.9. The molecule has 3 aromatic rings. The van der Waals surface area contributed by atoms with Gasteiger partial charge in [0.05, 0.1) is 45.1 Å². The molecule has 0 radical (unpaired) electrons. The predicted molar refractivity (Wildman–Crippen MR) is 167 cm³/mol. The van der Waals surface area contributed by atoms with Gasteiger partial charge in [-0.1, -0.05) is 30.0 Å². The van der Waals surface area contributed by atoms with Gasteiger partial charge in [0, 0.05) is 29.3 Å². The summed E-state index contributed by atoms with van der Waals surface area (Å²) in [7, 11) is 2.87. The van der Waals surface area contributed by atoms with E-state index in [9.17, 15) is 14.7 Å². The maximum atomic E-state index is 13.3. The summed E-state index contributed by atoms with van der Waals surface area (Å²) in [5.41, 5.74) is 5.47. The number of carbonyl (C=O) groups is 2. The van der Waals surface area contributed by atoms with Crippen molar-refractivity contribution in [3.63, 3.8) is 0 Å². The Morgan fingerprint density at radius 1 is 1.13 bits per heavy atom. The standard InChI is InChI=1S/C31H29N3O9S2/c1-38-23-9-16(10-24(39-2)28(23)36)26-18-11-21-22(42-15-41-21)12-19(18)29(20-14-40-30(37)27(20)26)43-25(35)6-8-45-31(44)34-33-13-17-5-3-4-7-32-17/h3-5,7,9-13,20,26-27,29,36H,6,8,14-15H2,1-2H3,(H,34,44)/b33-13+/t20-,26+,27-,29+/m0/s1. The summed E-state index contributed by atoms with van der Waals surface area (Å²) >= 11 is 6.57. The molecular formula is C31H29N3O9S2. The average Bonchev–Trinajstić information content (AvgIpc) is 3.67. The Morgan fingerprint density at radius 3 is 2.56 bits per heavy atom. The van der Waals surface area contributed by atoms with Crippen LogP contribution in [0, 0.1) is 11.8 Å². The van der Waals surface area contributed by atoms with Gasteiger partial charge in [0.15, 0.2) is 27.3 Å². The molecule has 2 aliphatic heterocycles. The van der Waals surface area contributed by atoms with Gasteiger partial charge in [0.1, 0.15) is 6.10 Å². The van der Waals surface area contributed by atoms with E-state index in [1.807, 2.05) is 24.3 Å². The van der Waals surface area contributed by atoms with E-state index >= 15 is 0 Å². The number of methoxy groups -OCH3 is 2. The summed E-state index contributed by atoms with van der Waals surface area (Å²) in [6, 6.07) is 12.4. The van der Waals surface area contributed by atoms with Crippen LogP contribution >= 0.6 is 24.0 Å². The van der Waals surface area contributed by atoms with Gasteiger partial charge in [-0.25, -0.2) is 0 Å². The second-order valence-corrected chi connectivity index (χ2v) is 12.1. The third-order valence-electron chi connectivity index (χ3n) is 7.82. The quantitative estimate of drug-likeness (QED) is 0.148. The van der Waals surface area contributed by atoms with Crippen molar-refractivity contribution < 1.29 is 43.1 Å². The van der Waals surface area contributed by atoms with E-state index in [0.717, 1.165) is 0 Å². The van der Waals surface area contributed by atoms with E-state index in [4.69, 9.17) is 40.6 Å². The van der Waals surface area contributed by atoms with Gasteiger partial charge < -0.3 is 33.5 Å². The van der Waals surface area contributed by atoms with Crippen LogP contribution in [-0.4, -0.2) is 65.9 Å². The minimum absolute atomic E-state index is 0.0418. The molecule has 45 heavy (non-hydrogen) atoms. The Bertz CT molecular complexity index is 1630. The molecule has 234 valence electrons. The molecule has 0 bridgehead atoms. The van der Waals surface area contributed by atoms with E-state index in [1.165, 1.54) is 26.0 Å². The average molecular weight is 652 g/mol. The van der Waals surface area contributed by atoms with E-state index < -0.39 is 35.8 Å². The van der Waals surface area contributed by atoms with Crippen molar-refractivity contribution in [2.24, 2.45) is 16.9 Å². The number of hydrazone groups is 1. The zero-order valence-electron chi connectivity index (χ0n) is 24.3. The number of cyclic esters (lactones) is 1. The molecule has 6 rings (SSSR count). The summed E-state index contributed by atoms with van der Waals surface area (Å²) in [6.07, 6.45) is 2.49. The Hall–Kier alpha value is -4.56. The minimum Gasteiger partial charge on any atom is -0.502 e. The molecule has 0 unspecified atom stereocenters. The second kappa shape index (κ2) is 13.2. The number of hydrogen-bond acceptors (Lipinski definition) is 13. The van der Waals surface area contributed by atoms with Gasteiger partial charge in [-0.05, 0) is 47.5 Å². The van der Waals surface area contributed by atoms with Crippen LogP contribution in [0.3, 0.4) is 0 Å². The molecular weight excluding hydrogens is 622 g/mol. The topological polar surface area (TPSA) is 147 Å². The molecule has 1 fully saturated rings. The summed E-state index contributed by atoms with van der Waals surface area (Å²) in [6.45, 7) is 0.107. The second-order valence-electron chi connectivity index (χ2n) is 10.3. The highest BCUT2D eigenvalue weighted by Crippen LogP contribution is 2.56. The number of nitrogens with one attached hydrogen (secondary N) is 1. The van der Waals surface area contributed by atoms with E-state index in [0.29, 0.717) is 44.0 Å². The number of benzene rings is 2. The molecule has 0 saturated carbocycles. The van der Waals surface area contributed by atoms with Crippen molar-refractivity contribution >= 4 is 46.5 Å². The van der Waals surface area contributed by atoms with E-state index in [1.54, 1.807) is 30.6 Å². The molecule has 14 heteroatoms. The molecule has 12 nitrogen and oxygen atoms in total. The van der Waals surface area contributed by atoms with Crippen molar-refractivity contribution in [3.8, 4) is 28.7 Å². The lowest BCUT2D eigenvalue weighted by atomic mass is 9.66. The molecule has 1 aromatic heterocycles. The SMILES string of the molecule is COc1cc([C@@H]2c3cc4c(cc3[C@@H](OC(=O)CCSC(=S)N/N=C/c3ccccn3)[C@H]3COC(=O)[C@H]23)OCO4)cc(OC)c1O. The molecule has 0 amide bonds. The summed E-state index contributed by atoms with van der Waals surface area (Å²) in [5, 5.41) is 14.6. The number of phenolic OH excluding ortho intramolecular Hbond substituents is 1. The van der Waals surface area contributed by atoms with Crippen LogP contribution < -0.4 is 24.4 Å². The summed E-state index contributed by atoms with van der Waals surface area (Å²) in [4.78, 5) is 30.6. The van der Waals surface area contributed by atoms with Gasteiger partial charge in [0.2, 0.25) is 12.5 Å². The van der Waals surface area contributed by atoms with Crippen LogP contribution in [0.15, 0.2) is 53.8 Å². The van der Waals surface area contributed by atoms with Crippen LogP contribution in [0.4, 0.5) is 0 Å². The molecule has 3 aliphatic rings. The number of nitrogens with zero attached hydrogens (tertiary/aromatic N) is 2. The number of thioether (sulfide) groups is 1. The van der Waals surface area contributed by atoms with Crippen molar-refractivity contribution in [2.75, 3.05) is 33.4 Å². The van der Waals surface area contributed by atoms with Crippen molar-refractivity contribution in [2.45, 2.75) is 18.4 Å². The number of pyridine rings is 1. The largest absolute Gasteiger partial charge is 0.502 e.